The first-order valence-electron chi connectivity index (χ1n) is 6.88. The lowest BCUT2D eigenvalue weighted by molar-refractivity contribution is 0.585. The Labute approximate surface area is 119 Å². The van der Waals surface area contributed by atoms with Crippen molar-refractivity contribution in [3.63, 3.8) is 0 Å². The van der Waals surface area contributed by atoms with Crippen molar-refractivity contribution in [3.8, 4) is 0 Å². The molecule has 0 aliphatic carbocycles. The van der Waals surface area contributed by atoms with Crippen molar-refractivity contribution in [2.75, 3.05) is 0 Å². The van der Waals surface area contributed by atoms with Gasteiger partial charge >= 0.3 is 0 Å². The van der Waals surface area contributed by atoms with E-state index < -0.39 is 0 Å². The first-order chi connectivity index (χ1) is 9.66. The number of nitrogens with two attached hydrogens (primary N) is 1. The summed E-state index contributed by atoms with van der Waals surface area (Å²) in [5.41, 5.74) is 12.3. The van der Waals surface area contributed by atoms with E-state index in [4.69, 9.17) is 5.73 Å². The van der Waals surface area contributed by atoms with E-state index in [2.05, 4.69) is 47.7 Å². The molecule has 1 heterocycles. The van der Waals surface area contributed by atoms with Crippen LogP contribution in [0.15, 0.2) is 48.8 Å². The molecule has 0 fully saturated rings. The third-order valence-corrected chi connectivity index (χ3v) is 3.97. The van der Waals surface area contributed by atoms with Crippen molar-refractivity contribution in [2.24, 2.45) is 5.73 Å². The van der Waals surface area contributed by atoms with Crippen LogP contribution < -0.4 is 5.73 Å². The Morgan fingerprint density at radius 1 is 1.10 bits per heavy atom. The topological polar surface area (TPSA) is 43.8 Å². The van der Waals surface area contributed by atoms with Gasteiger partial charge in [-0.15, -0.1) is 0 Å². The highest BCUT2D eigenvalue weighted by Gasteiger charge is 2.12. The molecule has 3 rings (SSSR count). The number of rotatable bonds is 3. The lowest BCUT2D eigenvalue weighted by atomic mass is 9.98. The Balaban J connectivity index is 1.92. The molecule has 20 heavy (non-hydrogen) atoms. The van der Waals surface area contributed by atoms with Crippen LogP contribution in [0.3, 0.4) is 0 Å². The standard InChI is InChI=1S/C17H19N3/c1-12-6-5-7-14(13(12)2)15(18)10-20-11-19-16-8-3-4-9-17(16)20/h3-9,11,15H,10,18H2,1-2H3. The van der Waals surface area contributed by atoms with Gasteiger partial charge in [-0.2, -0.15) is 0 Å². The normalized spacial score (nSPS) is 12.8. The Morgan fingerprint density at radius 3 is 2.75 bits per heavy atom. The van der Waals surface area contributed by atoms with Gasteiger partial charge in [-0.3, -0.25) is 0 Å². The van der Waals surface area contributed by atoms with Crippen molar-refractivity contribution in [2.45, 2.75) is 26.4 Å². The SMILES string of the molecule is Cc1cccc(C(N)Cn2cnc3ccccc32)c1C. The summed E-state index contributed by atoms with van der Waals surface area (Å²) in [4.78, 5) is 4.41. The van der Waals surface area contributed by atoms with Crippen molar-refractivity contribution in [1.29, 1.82) is 0 Å². The summed E-state index contributed by atoms with van der Waals surface area (Å²) in [7, 11) is 0. The van der Waals surface area contributed by atoms with Gasteiger partial charge in [-0.1, -0.05) is 30.3 Å². The van der Waals surface area contributed by atoms with E-state index in [1.54, 1.807) is 0 Å². The third kappa shape index (κ3) is 2.21. The minimum absolute atomic E-state index is 0.0208. The van der Waals surface area contributed by atoms with Crippen molar-refractivity contribution in [1.82, 2.24) is 9.55 Å². The summed E-state index contributed by atoms with van der Waals surface area (Å²) in [5, 5.41) is 0. The molecule has 0 radical (unpaired) electrons. The lowest BCUT2D eigenvalue weighted by Gasteiger charge is -2.17. The van der Waals surface area contributed by atoms with Crippen molar-refractivity contribution in [3.05, 3.63) is 65.5 Å². The fourth-order valence-electron chi connectivity index (χ4n) is 2.64. The number of fused-ring (bicyclic) bond motifs is 1. The van der Waals surface area contributed by atoms with Gasteiger partial charge < -0.3 is 10.3 Å². The molecule has 3 aromatic rings. The van der Waals surface area contributed by atoms with Crippen LogP contribution in [0.1, 0.15) is 22.7 Å². The van der Waals surface area contributed by atoms with Gasteiger partial charge in [0, 0.05) is 12.6 Å². The smallest absolute Gasteiger partial charge is 0.0958 e. The maximum absolute atomic E-state index is 6.40. The van der Waals surface area contributed by atoms with E-state index in [-0.39, 0.29) is 6.04 Å². The average molecular weight is 265 g/mol. The van der Waals surface area contributed by atoms with E-state index in [9.17, 15) is 0 Å². The predicted molar refractivity (Wildman–Crippen MR) is 82.6 cm³/mol. The number of benzene rings is 2. The van der Waals surface area contributed by atoms with Crippen LogP contribution in [0.25, 0.3) is 11.0 Å². The number of hydrogen-bond acceptors (Lipinski definition) is 2. The molecule has 0 aliphatic heterocycles. The van der Waals surface area contributed by atoms with Gasteiger partial charge in [-0.05, 0) is 42.7 Å². The van der Waals surface area contributed by atoms with Gasteiger partial charge in [0.05, 0.1) is 17.4 Å². The zero-order valence-electron chi connectivity index (χ0n) is 11.9. The quantitative estimate of drug-likeness (QED) is 0.789. The Kier molecular flexibility index (Phi) is 3.28. The van der Waals surface area contributed by atoms with Gasteiger partial charge in [0.1, 0.15) is 0 Å². The first kappa shape index (κ1) is 12.9. The molecule has 0 saturated carbocycles. The zero-order chi connectivity index (χ0) is 14.1. The van der Waals surface area contributed by atoms with Crippen LogP contribution in [-0.4, -0.2) is 9.55 Å². The number of hydrogen-bond donors (Lipinski definition) is 1. The molecule has 1 unspecified atom stereocenters. The second-order valence-corrected chi connectivity index (χ2v) is 5.28. The fraction of sp³-hybridized carbons (Fsp3) is 0.235. The molecule has 1 aromatic heterocycles. The molecule has 0 amide bonds. The predicted octanol–water partition coefficient (Wildman–Crippen LogP) is 3.35. The molecule has 3 heteroatoms. The fourth-order valence-corrected chi connectivity index (χ4v) is 2.64. The first-order valence-corrected chi connectivity index (χ1v) is 6.88. The minimum Gasteiger partial charge on any atom is -0.329 e. The molecule has 0 spiro atoms. The van der Waals surface area contributed by atoms with Crippen LogP contribution in [-0.2, 0) is 6.54 Å². The van der Waals surface area contributed by atoms with Gasteiger partial charge in [0.2, 0.25) is 0 Å². The van der Waals surface area contributed by atoms with Crippen molar-refractivity contribution >= 4 is 11.0 Å². The minimum atomic E-state index is -0.0208. The highest BCUT2D eigenvalue weighted by atomic mass is 15.1. The monoisotopic (exact) mass is 265 g/mol. The average Bonchev–Trinajstić information content (AvgIpc) is 2.85. The second kappa shape index (κ2) is 5.10. The molecular formula is C17H19N3. The summed E-state index contributed by atoms with van der Waals surface area (Å²) >= 11 is 0. The number of aromatic nitrogens is 2. The summed E-state index contributed by atoms with van der Waals surface area (Å²) in [6, 6.07) is 14.4. The van der Waals surface area contributed by atoms with E-state index in [0.717, 1.165) is 17.6 Å². The summed E-state index contributed by atoms with van der Waals surface area (Å²) in [6.07, 6.45) is 1.87. The highest BCUT2D eigenvalue weighted by Crippen LogP contribution is 2.21. The van der Waals surface area contributed by atoms with E-state index in [1.165, 1.54) is 16.7 Å². The van der Waals surface area contributed by atoms with E-state index in [1.807, 2.05) is 24.5 Å². The third-order valence-electron chi connectivity index (χ3n) is 3.97. The molecule has 1 atom stereocenters. The van der Waals surface area contributed by atoms with Crippen LogP contribution in [0.4, 0.5) is 0 Å². The summed E-state index contributed by atoms with van der Waals surface area (Å²) in [6.45, 7) is 5.00. The Morgan fingerprint density at radius 2 is 1.90 bits per heavy atom. The molecule has 102 valence electrons. The molecule has 0 saturated heterocycles. The van der Waals surface area contributed by atoms with E-state index in [0.29, 0.717) is 0 Å². The second-order valence-electron chi connectivity index (χ2n) is 5.28. The maximum atomic E-state index is 6.40. The molecule has 3 nitrogen and oxygen atoms in total. The zero-order valence-corrected chi connectivity index (χ0v) is 11.9. The summed E-state index contributed by atoms with van der Waals surface area (Å²) < 4.78 is 2.13. The number of aryl methyl sites for hydroxylation is 1. The number of para-hydroxylation sites is 2. The highest BCUT2D eigenvalue weighted by molar-refractivity contribution is 5.74. The van der Waals surface area contributed by atoms with Crippen LogP contribution in [0.2, 0.25) is 0 Å². The largest absolute Gasteiger partial charge is 0.329 e. The molecule has 0 bridgehead atoms. The van der Waals surface area contributed by atoms with Crippen LogP contribution in [0, 0.1) is 13.8 Å². The van der Waals surface area contributed by atoms with Crippen molar-refractivity contribution < 1.29 is 0 Å². The maximum Gasteiger partial charge on any atom is 0.0958 e. The Bertz CT molecular complexity index is 743. The van der Waals surface area contributed by atoms with E-state index >= 15 is 0 Å². The Hall–Kier alpha value is -2.13. The molecule has 2 N–H and O–H groups in total. The number of nitrogens with zero attached hydrogens (tertiary/aromatic N) is 2. The number of imidazole rings is 1. The van der Waals surface area contributed by atoms with Crippen LogP contribution >= 0.6 is 0 Å². The molecule has 2 aromatic carbocycles. The van der Waals surface area contributed by atoms with Gasteiger partial charge in [0.15, 0.2) is 0 Å². The molecular weight excluding hydrogens is 246 g/mol. The lowest BCUT2D eigenvalue weighted by Crippen LogP contribution is -2.18. The van der Waals surface area contributed by atoms with Crippen LogP contribution in [0.5, 0.6) is 0 Å². The van der Waals surface area contributed by atoms with Gasteiger partial charge in [0.25, 0.3) is 0 Å². The molecule has 0 aliphatic rings. The van der Waals surface area contributed by atoms with Gasteiger partial charge in [-0.25, -0.2) is 4.98 Å². The summed E-state index contributed by atoms with van der Waals surface area (Å²) in [5.74, 6) is 0.